The van der Waals surface area contributed by atoms with Gasteiger partial charge in [-0.1, -0.05) is 36.4 Å². The second-order valence-corrected chi connectivity index (χ2v) is 5.07. The van der Waals surface area contributed by atoms with Crippen LogP contribution in [0.2, 0.25) is 0 Å². The van der Waals surface area contributed by atoms with Crippen molar-refractivity contribution in [1.29, 1.82) is 0 Å². The minimum Gasteiger partial charge on any atom is -0.496 e. The summed E-state index contributed by atoms with van der Waals surface area (Å²) >= 11 is 0. The van der Waals surface area contributed by atoms with Crippen molar-refractivity contribution in [3.05, 3.63) is 70.6 Å². The molecule has 0 saturated heterocycles. The lowest BCUT2D eigenvalue weighted by Crippen LogP contribution is -2.29. The molecule has 0 aliphatic carbocycles. The molecule has 3 aromatic rings. The van der Waals surface area contributed by atoms with E-state index in [1.807, 2.05) is 42.5 Å². The second-order valence-electron chi connectivity index (χ2n) is 5.07. The maximum absolute atomic E-state index is 12.5. The molecular weight excluding hydrogens is 278 g/mol. The first-order valence-electron chi connectivity index (χ1n) is 7.04. The topological polar surface area (TPSA) is 70.1 Å². The number of nitrogens with two attached hydrogens (primary N) is 1. The largest absolute Gasteiger partial charge is 0.496 e. The summed E-state index contributed by atoms with van der Waals surface area (Å²) in [4.78, 5) is 12.5. The van der Waals surface area contributed by atoms with Gasteiger partial charge in [0.15, 0.2) is 0 Å². The number of hydrogen-bond donors (Lipinski definition) is 1. The Balaban J connectivity index is 1.96. The predicted octanol–water partition coefficient (Wildman–Crippen LogP) is 2.11. The van der Waals surface area contributed by atoms with Crippen molar-refractivity contribution in [2.75, 3.05) is 7.11 Å². The van der Waals surface area contributed by atoms with Gasteiger partial charge in [-0.25, -0.2) is 4.68 Å². The fourth-order valence-electron chi connectivity index (χ4n) is 2.52. The molecule has 2 aromatic carbocycles. The number of para-hydroxylation sites is 1. The van der Waals surface area contributed by atoms with Gasteiger partial charge in [-0.15, -0.1) is 0 Å². The van der Waals surface area contributed by atoms with Crippen molar-refractivity contribution in [1.82, 2.24) is 9.78 Å². The minimum atomic E-state index is -0.373. The average molecular weight is 295 g/mol. The molecule has 2 N–H and O–H groups in total. The number of hydrogen-bond acceptors (Lipinski definition) is 4. The highest BCUT2D eigenvalue weighted by Crippen LogP contribution is 2.23. The van der Waals surface area contributed by atoms with Crippen molar-refractivity contribution >= 4 is 10.8 Å². The Morgan fingerprint density at radius 1 is 1.18 bits per heavy atom. The van der Waals surface area contributed by atoms with Crippen molar-refractivity contribution < 1.29 is 4.74 Å². The van der Waals surface area contributed by atoms with Gasteiger partial charge in [0.1, 0.15) is 5.75 Å². The van der Waals surface area contributed by atoms with Crippen LogP contribution >= 0.6 is 0 Å². The monoisotopic (exact) mass is 295 g/mol. The Bertz CT molecular complexity index is 858. The Kier molecular flexibility index (Phi) is 3.89. The predicted molar refractivity (Wildman–Crippen MR) is 85.9 cm³/mol. The highest BCUT2D eigenvalue weighted by molar-refractivity contribution is 5.80. The highest BCUT2D eigenvalue weighted by atomic mass is 16.5. The summed E-state index contributed by atoms with van der Waals surface area (Å²) in [5, 5.41) is 5.68. The van der Waals surface area contributed by atoms with Crippen molar-refractivity contribution in [3.63, 3.8) is 0 Å². The molecule has 0 amide bonds. The third kappa shape index (κ3) is 2.58. The fraction of sp³-hybridized carbons (Fsp3) is 0.176. The van der Waals surface area contributed by atoms with Gasteiger partial charge < -0.3 is 10.5 Å². The lowest BCUT2D eigenvalue weighted by atomic mass is 10.1. The maximum atomic E-state index is 12.5. The first-order chi connectivity index (χ1) is 10.7. The van der Waals surface area contributed by atoms with Crippen LogP contribution in [0.5, 0.6) is 5.75 Å². The van der Waals surface area contributed by atoms with E-state index in [1.165, 1.54) is 4.68 Å². The summed E-state index contributed by atoms with van der Waals surface area (Å²) < 4.78 is 6.72. The van der Waals surface area contributed by atoms with Crippen LogP contribution in [0.3, 0.4) is 0 Å². The van der Waals surface area contributed by atoms with E-state index in [0.717, 1.165) is 10.9 Å². The lowest BCUT2D eigenvalue weighted by molar-refractivity contribution is 0.399. The second kappa shape index (κ2) is 5.99. The molecule has 5 heteroatoms. The SMILES string of the molecule is COc1ccccc1C(N)Cn1ncc2ccccc2c1=O. The number of aromatic nitrogens is 2. The molecule has 1 unspecified atom stereocenters. The molecule has 0 aliphatic rings. The highest BCUT2D eigenvalue weighted by Gasteiger charge is 2.14. The summed E-state index contributed by atoms with van der Waals surface area (Å²) in [5.41, 5.74) is 6.95. The zero-order valence-corrected chi connectivity index (χ0v) is 12.3. The first-order valence-corrected chi connectivity index (χ1v) is 7.04. The number of benzene rings is 2. The zero-order valence-electron chi connectivity index (χ0n) is 12.3. The van der Waals surface area contributed by atoms with Crippen LogP contribution in [0.1, 0.15) is 11.6 Å². The number of nitrogens with zero attached hydrogens (tertiary/aromatic N) is 2. The Hall–Kier alpha value is -2.66. The smallest absolute Gasteiger partial charge is 0.274 e. The van der Waals surface area contributed by atoms with Crippen molar-refractivity contribution in [2.24, 2.45) is 5.73 Å². The fourth-order valence-corrected chi connectivity index (χ4v) is 2.52. The summed E-state index contributed by atoms with van der Waals surface area (Å²) in [5.74, 6) is 0.712. The maximum Gasteiger partial charge on any atom is 0.274 e. The summed E-state index contributed by atoms with van der Waals surface area (Å²) in [6.45, 7) is 0.296. The summed E-state index contributed by atoms with van der Waals surface area (Å²) in [6.07, 6.45) is 1.69. The van der Waals surface area contributed by atoms with Gasteiger partial charge in [0.2, 0.25) is 0 Å². The Morgan fingerprint density at radius 3 is 2.73 bits per heavy atom. The first kappa shape index (κ1) is 14.3. The van der Waals surface area contributed by atoms with Crippen LogP contribution in [0.15, 0.2) is 59.5 Å². The lowest BCUT2D eigenvalue weighted by Gasteiger charge is -2.16. The molecule has 0 fully saturated rings. The van der Waals surface area contributed by atoms with Crippen LogP contribution in [0.4, 0.5) is 0 Å². The van der Waals surface area contributed by atoms with Crippen LogP contribution < -0.4 is 16.0 Å². The molecule has 1 aromatic heterocycles. The van der Waals surface area contributed by atoms with Gasteiger partial charge in [0.05, 0.1) is 31.3 Å². The Morgan fingerprint density at radius 2 is 1.91 bits per heavy atom. The average Bonchev–Trinajstić information content (AvgIpc) is 2.57. The third-order valence-corrected chi connectivity index (χ3v) is 3.67. The normalized spacial score (nSPS) is 12.3. The van der Waals surface area contributed by atoms with Gasteiger partial charge in [0.25, 0.3) is 5.56 Å². The number of rotatable bonds is 4. The van der Waals surface area contributed by atoms with E-state index in [9.17, 15) is 4.79 Å². The van der Waals surface area contributed by atoms with E-state index in [2.05, 4.69) is 5.10 Å². The van der Waals surface area contributed by atoms with Gasteiger partial charge >= 0.3 is 0 Å². The molecular formula is C17H17N3O2. The molecule has 112 valence electrons. The number of fused-ring (bicyclic) bond motifs is 1. The van der Waals surface area contributed by atoms with Crippen molar-refractivity contribution in [3.8, 4) is 5.75 Å². The molecule has 3 rings (SSSR count). The van der Waals surface area contributed by atoms with Crippen molar-refractivity contribution in [2.45, 2.75) is 12.6 Å². The van der Waals surface area contributed by atoms with Crippen LogP contribution in [-0.4, -0.2) is 16.9 Å². The van der Waals surface area contributed by atoms with Crippen LogP contribution in [0.25, 0.3) is 10.8 Å². The molecule has 0 bridgehead atoms. The molecule has 1 heterocycles. The molecule has 0 radical (unpaired) electrons. The van der Waals surface area contributed by atoms with Gasteiger partial charge in [0, 0.05) is 10.9 Å². The minimum absolute atomic E-state index is 0.136. The molecule has 22 heavy (non-hydrogen) atoms. The quantitative estimate of drug-likeness (QED) is 0.800. The summed E-state index contributed by atoms with van der Waals surface area (Å²) in [7, 11) is 1.60. The molecule has 0 spiro atoms. The molecule has 1 atom stereocenters. The number of ether oxygens (including phenoxy) is 1. The molecule has 0 aliphatic heterocycles. The van der Waals surface area contributed by atoms with E-state index in [4.69, 9.17) is 10.5 Å². The number of methoxy groups -OCH3 is 1. The third-order valence-electron chi connectivity index (χ3n) is 3.67. The van der Waals surface area contributed by atoms with E-state index < -0.39 is 0 Å². The van der Waals surface area contributed by atoms with E-state index in [-0.39, 0.29) is 11.6 Å². The standard InChI is InChI=1S/C17H17N3O2/c1-22-16-9-5-4-8-14(16)15(18)11-20-17(21)13-7-3-2-6-12(13)10-19-20/h2-10,15H,11,18H2,1H3. The van der Waals surface area contributed by atoms with E-state index in [1.54, 1.807) is 19.4 Å². The van der Waals surface area contributed by atoms with Gasteiger partial charge in [-0.05, 0) is 12.1 Å². The molecule has 5 nitrogen and oxygen atoms in total. The van der Waals surface area contributed by atoms with E-state index in [0.29, 0.717) is 17.7 Å². The zero-order chi connectivity index (χ0) is 15.5. The summed E-state index contributed by atoms with van der Waals surface area (Å²) in [6, 6.07) is 14.6. The molecule has 0 saturated carbocycles. The van der Waals surface area contributed by atoms with Crippen LogP contribution in [0, 0.1) is 0 Å². The van der Waals surface area contributed by atoms with Gasteiger partial charge in [-0.3, -0.25) is 4.79 Å². The van der Waals surface area contributed by atoms with Gasteiger partial charge in [-0.2, -0.15) is 5.10 Å². The Labute approximate surface area is 127 Å². The van der Waals surface area contributed by atoms with Crippen LogP contribution in [-0.2, 0) is 6.54 Å². The van der Waals surface area contributed by atoms with E-state index >= 15 is 0 Å².